The lowest BCUT2D eigenvalue weighted by molar-refractivity contribution is 0.104. The summed E-state index contributed by atoms with van der Waals surface area (Å²) >= 11 is 0. The Labute approximate surface area is 125 Å². The van der Waals surface area contributed by atoms with E-state index >= 15 is 0 Å². The van der Waals surface area contributed by atoms with Crippen molar-refractivity contribution in [1.29, 1.82) is 0 Å². The van der Waals surface area contributed by atoms with Crippen molar-refractivity contribution in [2.24, 2.45) is 4.40 Å². The van der Waals surface area contributed by atoms with Gasteiger partial charge in [-0.25, -0.2) is 0 Å². The van der Waals surface area contributed by atoms with Crippen LogP contribution in [-0.2, 0) is 10.0 Å². The van der Waals surface area contributed by atoms with Crippen LogP contribution in [0.1, 0.15) is 10.4 Å². The number of carbonyl (C=O) groups is 1. The number of nitrogens with zero attached hydrogens (tertiary/aromatic N) is 3. The Balaban J connectivity index is 2.95. The van der Waals surface area contributed by atoms with Gasteiger partial charge >= 0.3 is 0 Å². The van der Waals surface area contributed by atoms with Gasteiger partial charge in [-0.1, -0.05) is 0 Å². The third-order valence-electron chi connectivity index (χ3n) is 2.38. The number of hydrogen-bond donors (Lipinski definition) is 0. The molecule has 0 N–H and O–H groups in total. The number of benzene rings is 1. The summed E-state index contributed by atoms with van der Waals surface area (Å²) in [5.41, 5.74) is 0.420. The van der Waals surface area contributed by atoms with E-state index in [2.05, 4.69) is 4.40 Å². The SMILES string of the molecule is CN(C)C=CC(=O)c1ccc(S(=O)(=O)N=CN(C)C)cc1. The first-order chi connectivity index (χ1) is 9.72. The fraction of sp³-hybridized carbons (Fsp3) is 0.286. The molecular formula is C14H19N3O3S. The summed E-state index contributed by atoms with van der Waals surface area (Å²) in [5, 5.41) is 0. The second kappa shape index (κ2) is 7.03. The van der Waals surface area contributed by atoms with E-state index in [-0.39, 0.29) is 10.7 Å². The summed E-state index contributed by atoms with van der Waals surface area (Å²) in [5.74, 6) is -0.190. The van der Waals surface area contributed by atoms with Gasteiger partial charge in [0, 0.05) is 46.0 Å². The average Bonchev–Trinajstić information content (AvgIpc) is 2.43. The molecule has 0 aromatic heterocycles. The molecule has 0 saturated heterocycles. The molecule has 0 radical (unpaired) electrons. The Bertz CT molecular complexity index is 645. The molecule has 0 heterocycles. The minimum absolute atomic E-state index is 0.0498. The van der Waals surface area contributed by atoms with Crippen LogP contribution in [0.15, 0.2) is 45.8 Å². The summed E-state index contributed by atoms with van der Waals surface area (Å²) in [7, 11) is 3.24. The molecule has 114 valence electrons. The summed E-state index contributed by atoms with van der Waals surface area (Å²) in [4.78, 5) is 15.1. The van der Waals surface area contributed by atoms with E-state index in [9.17, 15) is 13.2 Å². The maximum atomic E-state index is 11.9. The average molecular weight is 309 g/mol. The summed E-state index contributed by atoms with van der Waals surface area (Å²) in [6.07, 6.45) is 4.27. The van der Waals surface area contributed by atoms with Crippen molar-refractivity contribution in [3.05, 3.63) is 42.1 Å². The Kier molecular flexibility index (Phi) is 5.66. The van der Waals surface area contributed by atoms with Crippen molar-refractivity contribution in [1.82, 2.24) is 9.80 Å². The standard InChI is InChI=1S/C14H19N3O3S/c1-16(2)10-9-14(18)12-5-7-13(8-6-12)21(19,20)15-11-17(3)4/h5-11H,1-4H3. The number of carbonyl (C=O) groups excluding carboxylic acids is 1. The molecule has 0 fully saturated rings. The van der Waals surface area contributed by atoms with Gasteiger partial charge in [-0.3, -0.25) is 4.79 Å². The first kappa shape index (κ1) is 16.9. The van der Waals surface area contributed by atoms with E-state index in [4.69, 9.17) is 0 Å². The molecule has 7 heteroatoms. The molecule has 1 aromatic carbocycles. The molecule has 0 spiro atoms. The summed E-state index contributed by atoms with van der Waals surface area (Å²) in [6.45, 7) is 0. The van der Waals surface area contributed by atoms with Crippen molar-refractivity contribution in [3.8, 4) is 0 Å². The van der Waals surface area contributed by atoms with Gasteiger partial charge in [0.2, 0.25) is 0 Å². The second-order valence-electron chi connectivity index (χ2n) is 4.83. The molecule has 0 bridgehead atoms. The fourth-order valence-electron chi connectivity index (χ4n) is 1.32. The van der Waals surface area contributed by atoms with Crippen LogP contribution in [0.3, 0.4) is 0 Å². The van der Waals surface area contributed by atoms with Gasteiger partial charge < -0.3 is 9.80 Å². The van der Waals surface area contributed by atoms with Crippen LogP contribution >= 0.6 is 0 Å². The van der Waals surface area contributed by atoms with Gasteiger partial charge in [-0.05, 0) is 24.3 Å². The van der Waals surface area contributed by atoms with Gasteiger partial charge in [0.25, 0.3) is 10.0 Å². The number of rotatable bonds is 6. The number of ketones is 1. The van der Waals surface area contributed by atoms with Crippen LogP contribution in [0.4, 0.5) is 0 Å². The predicted molar refractivity (Wildman–Crippen MR) is 83.0 cm³/mol. The maximum Gasteiger partial charge on any atom is 0.283 e. The van der Waals surface area contributed by atoms with E-state index in [0.717, 1.165) is 0 Å². The van der Waals surface area contributed by atoms with Crippen molar-refractivity contribution in [3.63, 3.8) is 0 Å². The third-order valence-corrected chi connectivity index (χ3v) is 3.62. The van der Waals surface area contributed by atoms with Crippen molar-refractivity contribution < 1.29 is 13.2 Å². The normalized spacial score (nSPS) is 12.0. The Hall–Kier alpha value is -2.15. The topological polar surface area (TPSA) is 70.0 Å². The number of hydrogen-bond acceptors (Lipinski definition) is 4. The van der Waals surface area contributed by atoms with Gasteiger partial charge in [-0.15, -0.1) is 4.40 Å². The smallest absolute Gasteiger partial charge is 0.283 e. The molecule has 1 aromatic rings. The van der Waals surface area contributed by atoms with E-state index in [1.54, 1.807) is 25.2 Å². The molecule has 0 aliphatic heterocycles. The van der Waals surface area contributed by atoms with Crippen LogP contribution in [-0.4, -0.2) is 58.5 Å². The minimum atomic E-state index is -3.73. The highest BCUT2D eigenvalue weighted by atomic mass is 32.2. The van der Waals surface area contributed by atoms with Gasteiger partial charge in [0.05, 0.1) is 4.90 Å². The maximum absolute atomic E-state index is 11.9. The first-order valence-corrected chi connectivity index (χ1v) is 7.62. The predicted octanol–water partition coefficient (Wildman–Crippen LogP) is 1.22. The van der Waals surface area contributed by atoms with E-state index in [0.29, 0.717) is 5.56 Å². The Morgan fingerprint density at radius 1 is 1.05 bits per heavy atom. The number of sulfonamides is 1. The molecule has 21 heavy (non-hydrogen) atoms. The van der Waals surface area contributed by atoms with Crippen LogP contribution in [0, 0.1) is 0 Å². The first-order valence-electron chi connectivity index (χ1n) is 6.18. The number of allylic oxidation sites excluding steroid dienone is 1. The molecular weight excluding hydrogens is 290 g/mol. The molecule has 0 aliphatic rings. The quantitative estimate of drug-likeness (QED) is 0.342. The molecule has 6 nitrogen and oxygen atoms in total. The van der Waals surface area contributed by atoms with Crippen LogP contribution in [0.2, 0.25) is 0 Å². The molecule has 0 unspecified atom stereocenters. The monoisotopic (exact) mass is 309 g/mol. The van der Waals surface area contributed by atoms with Crippen LogP contribution in [0.25, 0.3) is 0 Å². The van der Waals surface area contributed by atoms with Gasteiger partial charge in [0.1, 0.15) is 6.34 Å². The van der Waals surface area contributed by atoms with Crippen molar-refractivity contribution >= 4 is 22.1 Å². The van der Waals surface area contributed by atoms with Crippen molar-refractivity contribution in [2.75, 3.05) is 28.2 Å². The highest BCUT2D eigenvalue weighted by Crippen LogP contribution is 2.14. The zero-order valence-corrected chi connectivity index (χ0v) is 13.3. The molecule has 0 atom stereocenters. The molecule has 0 saturated carbocycles. The lowest BCUT2D eigenvalue weighted by atomic mass is 10.1. The summed E-state index contributed by atoms with van der Waals surface area (Å²) < 4.78 is 27.3. The van der Waals surface area contributed by atoms with Crippen molar-refractivity contribution in [2.45, 2.75) is 4.90 Å². The highest BCUT2D eigenvalue weighted by molar-refractivity contribution is 7.90. The third kappa shape index (κ3) is 5.39. The minimum Gasteiger partial charge on any atom is -0.383 e. The van der Waals surface area contributed by atoms with Gasteiger partial charge in [0.15, 0.2) is 5.78 Å². The highest BCUT2D eigenvalue weighted by Gasteiger charge is 2.12. The molecule has 1 rings (SSSR count). The largest absolute Gasteiger partial charge is 0.383 e. The van der Waals surface area contributed by atoms with Crippen LogP contribution in [0.5, 0.6) is 0 Å². The van der Waals surface area contributed by atoms with Gasteiger partial charge in [-0.2, -0.15) is 8.42 Å². The molecule has 0 aliphatic carbocycles. The zero-order valence-electron chi connectivity index (χ0n) is 12.5. The Morgan fingerprint density at radius 3 is 2.10 bits per heavy atom. The lowest BCUT2D eigenvalue weighted by Crippen LogP contribution is -2.10. The fourth-order valence-corrected chi connectivity index (χ4v) is 2.24. The van der Waals surface area contributed by atoms with E-state index < -0.39 is 10.0 Å². The van der Waals surface area contributed by atoms with E-state index in [1.807, 2.05) is 14.1 Å². The summed E-state index contributed by atoms with van der Waals surface area (Å²) in [6, 6.07) is 5.69. The zero-order chi connectivity index (χ0) is 16.0. The van der Waals surface area contributed by atoms with E-state index in [1.165, 1.54) is 41.6 Å². The lowest BCUT2D eigenvalue weighted by Gasteiger charge is -2.04. The van der Waals surface area contributed by atoms with Crippen LogP contribution < -0.4 is 0 Å². The Morgan fingerprint density at radius 2 is 1.62 bits per heavy atom. The second-order valence-corrected chi connectivity index (χ2v) is 6.46. The molecule has 0 amide bonds.